The first-order valence-corrected chi connectivity index (χ1v) is 10.2. The normalized spacial score (nSPS) is 11.7. The Balaban J connectivity index is 1.48. The molecule has 3 aromatic carbocycles. The van der Waals surface area contributed by atoms with Crippen molar-refractivity contribution in [2.24, 2.45) is 15.9 Å². The Morgan fingerprint density at radius 3 is 2.52 bits per heavy atom. The quantitative estimate of drug-likeness (QED) is 0.301. The van der Waals surface area contributed by atoms with E-state index < -0.39 is 5.82 Å². The summed E-state index contributed by atoms with van der Waals surface area (Å²) in [6, 6.07) is 21.9. The molecule has 148 valence electrons. The van der Waals surface area contributed by atoms with Crippen molar-refractivity contribution in [3.8, 4) is 5.75 Å². The Bertz CT molecular complexity index is 995. The summed E-state index contributed by atoms with van der Waals surface area (Å²) >= 11 is 7.21. The van der Waals surface area contributed by atoms with E-state index in [9.17, 15) is 4.39 Å². The molecule has 0 amide bonds. The maximum Gasteiger partial charge on any atom is 0.180 e. The third-order valence-corrected chi connectivity index (χ3v) is 5.01. The van der Waals surface area contributed by atoms with Crippen LogP contribution in [0.15, 0.2) is 83.0 Å². The Kier molecular flexibility index (Phi) is 7.67. The molecule has 0 bridgehead atoms. The van der Waals surface area contributed by atoms with Gasteiger partial charge in [-0.25, -0.2) is 4.39 Å². The minimum atomic E-state index is -0.444. The SMILES string of the molecule is NC(=NN=Cc1ccc(OCc2ccc(F)c(Cl)c2)cc1)SCc1ccccc1. The fourth-order valence-corrected chi connectivity index (χ4v) is 3.17. The van der Waals surface area contributed by atoms with Crippen LogP contribution < -0.4 is 10.5 Å². The predicted octanol–water partition coefficient (Wildman–Crippen LogP) is 5.64. The topological polar surface area (TPSA) is 60.0 Å². The van der Waals surface area contributed by atoms with E-state index in [4.69, 9.17) is 22.1 Å². The van der Waals surface area contributed by atoms with Crippen molar-refractivity contribution in [2.75, 3.05) is 0 Å². The number of amidine groups is 1. The summed E-state index contributed by atoms with van der Waals surface area (Å²) in [5, 5.41) is 8.51. The molecule has 0 aliphatic heterocycles. The Morgan fingerprint density at radius 1 is 1.03 bits per heavy atom. The molecule has 0 unspecified atom stereocenters. The van der Waals surface area contributed by atoms with E-state index in [1.54, 1.807) is 18.3 Å². The van der Waals surface area contributed by atoms with Gasteiger partial charge in [0, 0.05) is 5.75 Å². The number of rotatable bonds is 7. The highest BCUT2D eigenvalue weighted by molar-refractivity contribution is 8.13. The molecule has 0 saturated heterocycles. The average Bonchev–Trinajstić information content (AvgIpc) is 2.75. The van der Waals surface area contributed by atoms with E-state index in [-0.39, 0.29) is 5.02 Å². The predicted molar refractivity (Wildman–Crippen MR) is 119 cm³/mol. The number of thioether (sulfide) groups is 1. The van der Waals surface area contributed by atoms with Crippen molar-refractivity contribution in [3.63, 3.8) is 0 Å². The van der Waals surface area contributed by atoms with Crippen molar-refractivity contribution in [1.29, 1.82) is 0 Å². The summed E-state index contributed by atoms with van der Waals surface area (Å²) in [6.45, 7) is 0.299. The van der Waals surface area contributed by atoms with Crippen LogP contribution in [0.1, 0.15) is 16.7 Å². The van der Waals surface area contributed by atoms with Gasteiger partial charge in [-0.2, -0.15) is 5.10 Å². The van der Waals surface area contributed by atoms with E-state index >= 15 is 0 Å². The minimum absolute atomic E-state index is 0.0828. The van der Waals surface area contributed by atoms with Crippen LogP contribution in [-0.4, -0.2) is 11.4 Å². The van der Waals surface area contributed by atoms with Gasteiger partial charge in [0.05, 0.1) is 11.2 Å². The van der Waals surface area contributed by atoms with Gasteiger partial charge >= 0.3 is 0 Å². The molecule has 0 aliphatic carbocycles. The van der Waals surface area contributed by atoms with E-state index in [0.717, 1.165) is 16.9 Å². The molecule has 0 saturated carbocycles. The lowest BCUT2D eigenvalue weighted by Gasteiger charge is -2.07. The Hall–Kier alpha value is -2.83. The highest BCUT2D eigenvalue weighted by Crippen LogP contribution is 2.18. The van der Waals surface area contributed by atoms with Crippen LogP contribution in [0.3, 0.4) is 0 Å². The van der Waals surface area contributed by atoms with Gasteiger partial charge in [0.1, 0.15) is 18.2 Å². The lowest BCUT2D eigenvalue weighted by atomic mass is 10.2. The summed E-state index contributed by atoms with van der Waals surface area (Å²) in [6.07, 6.45) is 1.62. The summed E-state index contributed by atoms with van der Waals surface area (Å²) in [5.41, 5.74) is 8.71. The smallest absolute Gasteiger partial charge is 0.180 e. The molecule has 0 radical (unpaired) electrons. The van der Waals surface area contributed by atoms with Crippen molar-refractivity contribution in [2.45, 2.75) is 12.4 Å². The van der Waals surface area contributed by atoms with Gasteiger partial charge in [0.2, 0.25) is 0 Å². The van der Waals surface area contributed by atoms with Gasteiger partial charge < -0.3 is 10.5 Å². The molecule has 0 heterocycles. The summed E-state index contributed by atoms with van der Waals surface area (Å²) in [7, 11) is 0. The van der Waals surface area contributed by atoms with Gasteiger partial charge in [-0.05, 0) is 53.1 Å². The number of halogens is 2. The largest absolute Gasteiger partial charge is 0.489 e. The highest BCUT2D eigenvalue weighted by Gasteiger charge is 2.02. The molecule has 3 rings (SSSR count). The number of ether oxygens (including phenoxy) is 1. The van der Waals surface area contributed by atoms with Gasteiger partial charge in [0.25, 0.3) is 0 Å². The van der Waals surface area contributed by atoms with E-state index in [0.29, 0.717) is 17.5 Å². The van der Waals surface area contributed by atoms with Gasteiger partial charge in [-0.15, -0.1) is 5.10 Å². The van der Waals surface area contributed by atoms with Crippen LogP contribution in [0.4, 0.5) is 4.39 Å². The molecule has 0 spiro atoms. The lowest BCUT2D eigenvalue weighted by molar-refractivity contribution is 0.306. The fraction of sp³-hybridized carbons (Fsp3) is 0.0909. The molecular formula is C22H19ClFN3OS. The molecule has 0 aliphatic rings. The van der Waals surface area contributed by atoms with Crippen LogP contribution in [0.2, 0.25) is 5.02 Å². The monoisotopic (exact) mass is 427 g/mol. The number of nitrogens with zero attached hydrogens (tertiary/aromatic N) is 2. The van der Waals surface area contributed by atoms with Crippen molar-refractivity contribution < 1.29 is 9.13 Å². The highest BCUT2D eigenvalue weighted by atomic mass is 35.5. The van der Waals surface area contributed by atoms with Crippen molar-refractivity contribution in [1.82, 2.24) is 0 Å². The summed E-state index contributed by atoms with van der Waals surface area (Å²) in [4.78, 5) is 0. The van der Waals surface area contributed by atoms with E-state index in [1.807, 2.05) is 54.6 Å². The average molecular weight is 428 g/mol. The summed E-state index contributed by atoms with van der Waals surface area (Å²) < 4.78 is 18.9. The number of hydrogen-bond acceptors (Lipinski definition) is 4. The van der Waals surface area contributed by atoms with Crippen molar-refractivity contribution >= 4 is 34.7 Å². The second-order valence-corrected chi connectivity index (χ2v) is 7.47. The maximum absolute atomic E-state index is 13.2. The minimum Gasteiger partial charge on any atom is -0.489 e. The molecule has 0 fully saturated rings. The zero-order valence-corrected chi connectivity index (χ0v) is 17.0. The standard InChI is InChI=1S/C22H19ClFN3OS/c23-20-12-18(8-11-21(20)24)14-28-19-9-6-16(7-10-19)13-26-27-22(25)29-15-17-4-2-1-3-5-17/h1-13H,14-15H2,(H2,25,27). The molecule has 4 nitrogen and oxygen atoms in total. The molecular weight excluding hydrogens is 409 g/mol. The second kappa shape index (κ2) is 10.6. The number of benzene rings is 3. The number of hydrogen-bond donors (Lipinski definition) is 1. The van der Waals surface area contributed by atoms with Gasteiger partial charge in [-0.3, -0.25) is 0 Å². The third-order valence-electron chi connectivity index (χ3n) is 3.86. The van der Waals surface area contributed by atoms with Crippen LogP contribution in [0.25, 0.3) is 0 Å². The molecule has 0 atom stereocenters. The Labute approximate surface area is 178 Å². The van der Waals surface area contributed by atoms with Crippen LogP contribution >= 0.6 is 23.4 Å². The zero-order chi connectivity index (χ0) is 20.5. The van der Waals surface area contributed by atoms with Crippen molar-refractivity contribution in [3.05, 3.63) is 100 Å². The van der Waals surface area contributed by atoms with Crippen LogP contribution in [0.5, 0.6) is 5.75 Å². The molecule has 0 aromatic heterocycles. The second-order valence-electron chi connectivity index (χ2n) is 6.06. The molecule has 29 heavy (non-hydrogen) atoms. The van der Waals surface area contributed by atoms with Gasteiger partial charge in [0.15, 0.2) is 5.17 Å². The van der Waals surface area contributed by atoms with E-state index in [2.05, 4.69) is 10.2 Å². The third kappa shape index (κ3) is 6.93. The molecule has 7 heteroatoms. The molecule has 2 N–H and O–H groups in total. The van der Waals surface area contributed by atoms with Crippen LogP contribution in [-0.2, 0) is 12.4 Å². The van der Waals surface area contributed by atoms with Crippen LogP contribution in [0, 0.1) is 5.82 Å². The fourth-order valence-electron chi connectivity index (χ4n) is 2.36. The van der Waals surface area contributed by atoms with E-state index in [1.165, 1.54) is 23.4 Å². The lowest BCUT2D eigenvalue weighted by Crippen LogP contribution is -2.05. The summed E-state index contributed by atoms with van der Waals surface area (Å²) in [5.74, 6) is 0.988. The van der Waals surface area contributed by atoms with Gasteiger partial charge in [-0.1, -0.05) is 59.8 Å². The number of nitrogens with two attached hydrogens (primary N) is 1. The first kappa shape index (κ1) is 20.9. The first-order valence-electron chi connectivity index (χ1n) is 8.80. The first-order chi connectivity index (χ1) is 14.1. The Morgan fingerprint density at radius 2 is 1.79 bits per heavy atom. The molecule has 3 aromatic rings. The maximum atomic E-state index is 13.2. The zero-order valence-electron chi connectivity index (χ0n) is 15.5.